The van der Waals surface area contributed by atoms with Crippen molar-refractivity contribution in [1.82, 2.24) is 25.1 Å². The van der Waals surface area contributed by atoms with E-state index in [1.807, 2.05) is 17.2 Å². The second-order valence-corrected chi connectivity index (χ2v) is 6.70. The number of aryl methyl sites for hydroxylation is 2. The number of thiazole rings is 1. The Balaban J connectivity index is 1.58. The number of carbonyl (C=O) groups is 1. The number of H-pyrrole nitrogens is 1. The molecule has 1 aliphatic rings. The fraction of sp³-hybridized carbons (Fsp3) is 0.600. The molecule has 0 radical (unpaired) electrons. The summed E-state index contributed by atoms with van der Waals surface area (Å²) in [6, 6.07) is -0.0722. The molecule has 1 fully saturated rings. The smallest absolute Gasteiger partial charge is 0.223 e. The molecule has 0 bridgehead atoms. The zero-order valence-corrected chi connectivity index (χ0v) is 14.2. The molecule has 1 saturated heterocycles. The van der Waals surface area contributed by atoms with Crippen molar-refractivity contribution in [2.75, 3.05) is 13.7 Å². The predicted molar refractivity (Wildman–Crippen MR) is 86.0 cm³/mol. The molecule has 2 aromatic heterocycles. The van der Waals surface area contributed by atoms with Crippen LogP contribution in [0.3, 0.4) is 0 Å². The highest BCUT2D eigenvalue weighted by Crippen LogP contribution is 2.32. The molecule has 23 heavy (non-hydrogen) atoms. The van der Waals surface area contributed by atoms with Gasteiger partial charge >= 0.3 is 0 Å². The number of ether oxygens (including phenoxy) is 1. The Kier molecular flexibility index (Phi) is 5.02. The zero-order valence-electron chi connectivity index (χ0n) is 13.4. The van der Waals surface area contributed by atoms with Gasteiger partial charge in [0.25, 0.3) is 0 Å². The molecule has 2 aromatic rings. The SMILES string of the molecule is CO[C@@H]1C[C@@H](c2ncn[nH]2)N(C(=O)CCCc2nc(C)cs2)C1. The molecule has 3 heterocycles. The van der Waals surface area contributed by atoms with E-state index < -0.39 is 0 Å². The minimum Gasteiger partial charge on any atom is -0.380 e. The van der Waals surface area contributed by atoms with Crippen LogP contribution in [0.4, 0.5) is 0 Å². The molecule has 1 aliphatic heterocycles. The number of amides is 1. The third-order valence-corrected chi connectivity index (χ3v) is 5.14. The molecule has 0 spiro atoms. The van der Waals surface area contributed by atoms with Gasteiger partial charge in [-0.15, -0.1) is 11.3 Å². The van der Waals surface area contributed by atoms with Gasteiger partial charge in [-0.3, -0.25) is 9.89 Å². The van der Waals surface area contributed by atoms with Crippen LogP contribution in [0.25, 0.3) is 0 Å². The third-order valence-electron chi connectivity index (χ3n) is 4.11. The van der Waals surface area contributed by atoms with Crippen molar-refractivity contribution >= 4 is 17.2 Å². The van der Waals surface area contributed by atoms with Gasteiger partial charge in [0.05, 0.1) is 17.2 Å². The lowest BCUT2D eigenvalue weighted by molar-refractivity contribution is -0.132. The molecule has 0 aromatic carbocycles. The predicted octanol–water partition coefficient (Wildman–Crippen LogP) is 1.88. The van der Waals surface area contributed by atoms with Crippen molar-refractivity contribution in [3.8, 4) is 0 Å². The van der Waals surface area contributed by atoms with Gasteiger partial charge in [0.1, 0.15) is 12.2 Å². The van der Waals surface area contributed by atoms with Gasteiger partial charge in [-0.25, -0.2) is 9.97 Å². The summed E-state index contributed by atoms with van der Waals surface area (Å²) in [4.78, 5) is 23.1. The highest BCUT2D eigenvalue weighted by molar-refractivity contribution is 7.09. The van der Waals surface area contributed by atoms with E-state index in [2.05, 4.69) is 20.2 Å². The largest absolute Gasteiger partial charge is 0.380 e. The number of hydrogen-bond acceptors (Lipinski definition) is 6. The van der Waals surface area contributed by atoms with Crippen LogP contribution in [0.2, 0.25) is 0 Å². The second kappa shape index (κ2) is 7.18. The average Bonchev–Trinajstić information content (AvgIpc) is 3.26. The van der Waals surface area contributed by atoms with E-state index in [1.165, 1.54) is 6.33 Å². The molecule has 0 unspecified atom stereocenters. The summed E-state index contributed by atoms with van der Waals surface area (Å²) in [6.45, 7) is 2.60. The first-order valence-electron chi connectivity index (χ1n) is 7.76. The lowest BCUT2D eigenvalue weighted by atomic mass is 10.1. The standard InChI is InChI=1S/C15H21N5O2S/c1-10-8-23-13(18-10)4-3-5-14(21)20-7-11(22-2)6-12(20)15-16-9-17-19-15/h8-9,11-12H,3-7H2,1-2H3,(H,16,17,19)/t11-,12+/m1/s1. The summed E-state index contributed by atoms with van der Waals surface area (Å²) in [5, 5.41) is 9.91. The Morgan fingerprint density at radius 3 is 3.09 bits per heavy atom. The number of carbonyl (C=O) groups excluding carboxylic acids is 1. The normalized spacial score (nSPS) is 21.0. The molecule has 0 saturated carbocycles. The zero-order chi connectivity index (χ0) is 16.2. The van der Waals surface area contributed by atoms with Crippen molar-refractivity contribution < 1.29 is 9.53 Å². The fourth-order valence-corrected chi connectivity index (χ4v) is 3.75. The fourth-order valence-electron chi connectivity index (χ4n) is 2.93. The van der Waals surface area contributed by atoms with Gasteiger partial charge in [0.15, 0.2) is 0 Å². The van der Waals surface area contributed by atoms with E-state index in [0.29, 0.717) is 13.0 Å². The van der Waals surface area contributed by atoms with Crippen LogP contribution in [0.1, 0.15) is 41.8 Å². The minimum atomic E-state index is -0.0722. The summed E-state index contributed by atoms with van der Waals surface area (Å²) in [5.74, 6) is 0.868. The third kappa shape index (κ3) is 3.76. The minimum absolute atomic E-state index is 0.0515. The van der Waals surface area contributed by atoms with Crippen LogP contribution in [-0.4, -0.2) is 50.7 Å². The Morgan fingerprint density at radius 2 is 2.43 bits per heavy atom. The molecule has 0 aliphatic carbocycles. The number of rotatable bonds is 6. The number of nitrogens with zero attached hydrogens (tertiary/aromatic N) is 4. The highest BCUT2D eigenvalue weighted by Gasteiger charge is 2.37. The van der Waals surface area contributed by atoms with E-state index in [-0.39, 0.29) is 18.1 Å². The number of hydrogen-bond donors (Lipinski definition) is 1. The summed E-state index contributed by atoms with van der Waals surface area (Å²) in [7, 11) is 1.68. The monoisotopic (exact) mass is 335 g/mol. The molecule has 1 N–H and O–H groups in total. The second-order valence-electron chi connectivity index (χ2n) is 5.76. The quantitative estimate of drug-likeness (QED) is 0.871. The molecule has 8 heteroatoms. The number of aromatic amines is 1. The summed E-state index contributed by atoms with van der Waals surface area (Å²) in [6.07, 6.45) is 4.45. The van der Waals surface area contributed by atoms with Crippen molar-refractivity contribution in [2.45, 2.75) is 44.8 Å². The Hall–Kier alpha value is -1.80. The summed E-state index contributed by atoms with van der Waals surface area (Å²) in [5.41, 5.74) is 1.05. The van der Waals surface area contributed by atoms with Gasteiger partial charge in [0.2, 0.25) is 5.91 Å². The van der Waals surface area contributed by atoms with Crippen LogP contribution in [0.5, 0.6) is 0 Å². The molecule has 7 nitrogen and oxygen atoms in total. The lowest BCUT2D eigenvalue weighted by Gasteiger charge is -2.22. The van der Waals surface area contributed by atoms with Crippen molar-refractivity contribution in [3.05, 3.63) is 28.2 Å². The van der Waals surface area contributed by atoms with Gasteiger partial charge in [0, 0.05) is 37.6 Å². The molecule has 3 rings (SSSR count). The van der Waals surface area contributed by atoms with Crippen molar-refractivity contribution in [1.29, 1.82) is 0 Å². The highest BCUT2D eigenvalue weighted by atomic mass is 32.1. The number of methoxy groups -OCH3 is 1. The van der Waals surface area contributed by atoms with E-state index in [9.17, 15) is 4.79 Å². The first-order valence-corrected chi connectivity index (χ1v) is 8.64. The summed E-state index contributed by atoms with van der Waals surface area (Å²) >= 11 is 1.66. The van der Waals surface area contributed by atoms with Crippen molar-refractivity contribution in [3.63, 3.8) is 0 Å². The van der Waals surface area contributed by atoms with Gasteiger partial charge < -0.3 is 9.64 Å². The molecule has 124 valence electrons. The van der Waals surface area contributed by atoms with E-state index in [0.717, 1.165) is 35.8 Å². The van der Waals surface area contributed by atoms with Gasteiger partial charge in [-0.1, -0.05) is 0 Å². The van der Waals surface area contributed by atoms with Crippen LogP contribution in [0, 0.1) is 6.92 Å². The maximum atomic E-state index is 12.6. The number of aromatic nitrogens is 4. The topological polar surface area (TPSA) is 84.0 Å². The molecular formula is C15H21N5O2S. The Labute approximate surface area is 139 Å². The molecule has 1 amide bonds. The average molecular weight is 335 g/mol. The lowest BCUT2D eigenvalue weighted by Crippen LogP contribution is -2.32. The van der Waals surface area contributed by atoms with Gasteiger partial charge in [-0.2, -0.15) is 5.10 Å². The Bertz CT molecular complexity index is 642. The first kappa shape index (κ1) is 16.1. The van der Waals surface area contributed by atoms with Crippen LogP contribution in [0.15, 0.2) is 11.7 Å². The maximum Gasteiger partial charge on any atom is 0.223 e. The first-order chi connectivity index (χ1) is 11.2. The van der Waals surface area contributed by atoms with E-state index in [4.69, 9.17) is 4.74 Å². The van der Waals surface area contributed by atoms with E-state index >= 15 is 0 Å². The van der Waals surface area contributed by atoms with Crippen LogP contribution < -0.4 is 0 Å². The van der Waals surface area contributed by atoms with Crippen molar-refractivity contribution in [2.24, 2.45) is 0 Å². The van der Waals surface area contributed by atoms with Crippen LogP contribution >= 0.6 is 11.3 Å². The number of nitrogens with one attached hydrogen (secondary N) is 1. The summed E-state index contributed by atoms with van der Waals surface area (Å²) < 4.78 is 5.43. The van der Waals surface area contributed by atoms with Crippen LogP contribution in [-0.2, 0) is 16.0 Å². The van der Waals surface area contributed by atoms with Gasteiger partial charge in [-0.05, 0) is 19.8 Å². The Morgan fingerprint density at radius 1 is 1.57 bits per heavy atom. The molecule has 2 atom stereocenters. The van der Waals surface area contributed by atoms with E-state index in [1.54, 1.807) is 18.4 Å². The number of likely N-dealkylation sites (tertiary alicyclic amines) is 1. The maximum absolute atomic E-state index is 12.6. The molecular weight excluding hydrogens is 314 g/mol.